The van der Waals surface area contributed by atoms with E-state index in [1.165, 1.54) is 21.9 Å². The molecule has 0 amide bonds. The summed E-state index contributed by atoms with van der Waals surface area (Å²) in [6.07, 6.45) is 0. The van der Waals surface area contributed by atoms with Crippen LogP contribution in [0.5, 0.6) is 0 Å². The first-order valence-corrected chi connectivity index (χ1v) is 11.4. The highest BCUT2D eigenvalue weighted by molar-refractivity contribution is 6.00. The van der Waals surface area contributed by atoms with E-state index < -0.39 is 0 Å². The van der Waals surface area contributed by atoms with Gasteiger partial charge in [0.1, 0.15) is 5.69 Å². The van der Waals surface area contributed by atoms with Crippen LogP contribution in [-0.2, 0) is 0 Å². The second kappa shape index (κ2) is 7.46. The van der Waals surface area contributed by atoms with E-state index in [2.05, 4.69) is 101 Å². The summed E-state index contributed by atoms with van der Waals surface area (Å²) < 4.78 is 8.32. The molecule has 0 aliphatic rings. The Bertz CT molecular complexity index is 1790. The highest BCUT2D eigenvalue weighted by Crippen LogP contribution is 2.39. The first-order valence-electron chi connectivity index (χ1n) is 11.4. The van der Waals surface area contributed by atoms with Gasteiger partial charge >= 0.3 is 5.84 Å². The maximum absolute atomic E-state index is 6.17. The van der Waals surface area contributed by atoms with Crippen LogP contribution in [-0.4, -0.2) is 9.38 Å². The lowest BCUT2D eigenvalue weighted by atomic mass is 9.97. The van der Waals surface area contributed by atoms with Crippen molar-refractivity contribution < 1.29 is 4.42 Å². The summed E-state index contributed by atoms with van der Waals surface area (Å²) >= 11 is 0. The van der Waals surface area contributed by atoms with Gasteiger partial charge in [0.2, 0.25) is 0 Å². The summed E-state index contributed by atoms with van der Waals surface area (Å²) in [5, 5.41) is 2.37. The Labute approximate surface area is 196 Å². The molecule has 0 saturated carbocycles. The van der Waals surface area contributed by atoms with Gasteiger partial charge < -0.3 is 4.42 Å². The number of imidazole rings is 1. The molecule has 34 heavy (non-hydrogen) atoms. The number of hydrogen-bond donors (Lipinski definition) is 0. The predicted molar refractivity (Wildman–Crippen MR) is 139 cm³/mol. The molecule has 7 aromatic rings. The third-order valence-electron chi connectivity index (χ3n) is 6.46. The van der Waals surface area contributed by atoms with Gasteiger partial charge in [-0.1, -0.05) is 109 Å². The van der Waals surface area contributed by atoms with E-state index in [1.54, 1.807) is 0 Å². The molecule has 2 heterocycles. The molecule has 0 radical (unpaired) electrons. The molecule has 0 aliphatic heterocycles. The molecule has 0 fully saturated rings. The van der Waals surface area contributed by atoms with E-state index in [0.29, 0.717) is 5.84 Å². The van der Waals surface area contributed by atoms with Crippen molar-refractivity contribution in [1.29, 1.82) is 0 Å². The van der Waals surface area contributed by atoms with Gasteiger partial charge in [-0.05, 0) is 34.0 Å². The number of aromatic nitrogens is 2. The van der Waals surface area contributed by atoms with Crippen LogP contribution < -0.4 is 0 Å². The van der Waals surface area contributed by atoms with E-state index >= 15 is 0 Å². The molecule has 0 saturated heterocycles. The Morgan fingerprint density at radius 1 is 0.559 bits per heavy atom. The van der Waals surface area contributed by atoms with Crippen molar-refractivity contribution in [3.63, 3.8) is 0 Å². The third kappa shape index (κ3) is 2.87. The van der Waals surface area contributed by atoms with Gasteiger partial charge in [-0.15, -0.1) is 0 Å². The number of hydrogen-bond acceptors (Lipinski definition) is 2. The van der Waals surface area contributed by atoms with E-state index in [0.717, 1.165) is 33.6 Å². The molecular formula is C31H20N2O. The van der Waals surface area contributed by atoms with Crippen LogP contribution in [0.4, 0.5) is 0 Å². The van der Waals surface area contributed by atoms with Crippen LogP contribution in [0.2, 0.25) is 0 Å². The van der Waals surface area contributed by atoms with Crippen LogP contribution in [0.15, 0.2) is 126 Å². The number of oxazole rings is 1. The molecule has 0 unspecified atom stereocenters. The largest absolute Gasteiger partial charge is 0.423 e. The summed E-state index contributed by atoms with van der Waals surface area (Å²) in [7, 11) is 0. The van der Waals surface area contributed by atoms with Crippen molar-refractivity contribution in [2.45, 2.75) is 0 Å². The first kappa shape index (κ1) is 18.9. The molecule has 2 aromatic heterocycles. The minimum Gasteiger partial charge on any atom is -0.423 e. The summed E-state index contributed by atoms with van der Waals surface area (Å²) in [5.74, 6) is 0.603. The Morgan fingerprint density at radius 2 is 1.24 bits per heavy atom. The molecule has 0 aliphatic carbocycles. The van der Waals surface area contributed by atoms with E-state index in [-0.39, 0.29) is 0 Å². The second-order valence-electron chi connectivity index (χ2n) is 8.47. The minimum absolute atomic E-state index is 0.603. The van der Waals surface area contributed by atoms with Crippen LogP contribution in [0, 0.1) is 0 Å². The summed E-state index contributed by atoms with van der Waals surface area (Å²) in [6, 6.07) is 42.1. The summed E-state index contributed by atoms with van der Waals surface area (Å²) in [6.45, 7) is 0. The van der Waals surface area contributed by atoms with Gasteiger partial charge in [0.15, 0.2) is 5.58 Å². The first-order chi connectivity index (χ1) is 16.9. The smallest absolute Gasteiger partial charge is 0.307 e. The summed E-state index contributed by atoms with van der Waals surface area (Å²) in [4.78, 5) is 5.02. The highest BCUT2D eigenvalue weighted by Gasteiger charge is 2.22. The maximum Gasteiger partial charge on any atom is 0.307 e. The number of para-hydroxylation sites is 2. The van der Waals surface area contributed by atoms with Crippen molar-refractivity contribution in [2.75, 3.05) is 0 Å². The van der Waals surface area contributed by atoms with Crippen molar-refractivity contribution in [3.8, 4) is 33.6 Å². The zero-order valence-corrected chi connectivity index (χ0v) is 18.3. The van der Waals surface area contributed by atoms with E-state index in [1.807, 2.05) is 24.3 Å². The Kier molecular flexibility index (Phi) is 4.15. The van der Waals surface area contributed by atoms with Crippen molar-refractivity contribution in [2.24, 2.45) is 0 Å². The zero-order valence-electron chi connectivity index (χ0n) is 18.3. The average Bonchev–Trinajstić information content (AvgIpc) is 3.45. The van der Waals surface area contributed by atoms with Gasteiger partial charge in [0, 0.05) is 11.1 Å². The molecule has 0 atom stereocenters. The lowest BCUT2D eigenvalue weighted by molar-refractivity contribution is 0.642. The van der Waals surface area contributed by atoms with Gasteiger partial charge in [-0.3, -0.25) is 4.40 Å². The lowest BCUT2D eigenvalue weighted by Gasteiger charge is -2.09. The topological polar surface area (TPSA) is 30.4 Å². The van der Waals surface area contributed by atoms with Crippen molar-refractivity contribution in [3.05, 3.63) is 121 Å². The Hall–Kier alpha value is -4.63. The molecule has 5 aromatic carbocycles. The Morgan fingerprint density at radius 3 is 2.12 bits per heavy atom. The maximum atomic E-state index is 6.17. The van der Waals surface area contributed by atoms with Crippen LogP contribution in [0.3, 0.4) is 0 Å². The standard InChI is InChI=1S/C31H20N2O/c1-2-9-21(10-3-1)22-17-19-24(20-18-22)30-29(26-14-8-12-23-11-4-5-13-25(23)26)32-31-33(30)27-15-6-7-16-28(27)34-31/h1-20H. The predicted octanol–water partition coefficient (Wildman–Crippen LogP) is 8.23. The molecule has 7 rings (SSSR count). The molecule has 0 spiro atoms. The number of rotatable bonds is 3. The van der Waals surface area contributed by atoms with Gasteiger partial charge in [-0.2, -0.15) is 4.98 Å². The van der Waals surface area contributed by atoms with Crippen molar-refractivity contribution in [1.82, 2.24) is 9.38 Å². The third-order valence-corrected chi connectivity index (χ3v) is 6.46. The molecule has 0 N–H and O–H groups in total. The normalized spacial score (nSPS) is 11.5. The monoisotopic (exact) mass is 436 g/mol. The van der Waals surface area contributed by atoms with Crippen LogP contribution >= 0.6 is 0 Å². The number of fused-ring (bicyclic) bond motifs is 4. The molecule has 160 valence electrons. The van der Waals surface area contributed by atoms with E-state index in [4.69, 9.17) is 9.40 Å². The fourth-order valence-electron chi connectivity index (χ4n) is 4.86. The van der Waals surface area contributed by atoms with Gasteiger partial charge in [-0.25, -0.2) is 0 Å². The Balaban J connectivity index is 1.52. The second-order valence-corrected chi connectivity index (χ2v) is 8.47. The minimum atomic E-state index is 0.603. The van der Waals surface area contributed by atoms with Crippen molar-refractivity contribution >= 4 is 27.7 Å². The molecule has 3 nitrogen and oxygen atoms in total. The molecular weight excluding hydrogens is 416 g/mol. The number of nitrogens with zero attached hydrogens (tertiary/aromatic N) is 2. The fraction of sp³-hybridized carbons (Fsp3) is 0. The van der Waals surface area contributed by atoms with E-state index in [9.17, 15) is 0 Å². The molecule has 0 bridgehead atoms. The number of benzene rings is 5. The van der Waals surface area contributed by atoms with Gasteiger partial charge in [0.25, 0.3) is 0 Å². The fourth-order valence-corrected chi connectivity index (χ4v) is 4.86. The van der Waals surface area contributed by atoms with Crippen LogP contribution in [0.1, 0.15) is 0 Å². The quantitative estimate of drug-likeness (QED) is 0.279. The van der Waals surface area contributed by atoms with Crippen LogP contribution in [0.25, 0.3) is 61.4 Å². The lowest BCUT2D eigenvalue weighted by Crippen LogP contribution is -1.90. The SMILES string of the molecule is c1ccc(-c2ccc(-c3c(-c4cccc5ccccc45)nc4oc5ccccc5n34)cc2)cc1. The zero-order chi connectivity index (χ0) is 22.5. The highest BCUT2D eigenvalue weighted by atomic mass is 16.4. The summed E-state index contributed by atoms with van der Waals surface area (Å²) in [5.41, 5.74) is 8.40. The average molecular weight is 437 g/mol. The van der Waals surface area contributed by atoms with Gasteiger partial charge in [0.05, 0.1) is 11.2 Å². The molecule has 3 heteroatoms.